The maximum atomic E-state index is 6.00. The van der Waals surface area contributed by atoms with E-state index < -0.39 is 0 Å². The number of hydrogen-bond acceptors (Lipinski definition) is 2. The van der Waals surface area contributed by atoms with Crippen molar-refractivity contribution in [2.45, 2.75) is 33.2 Å². The Hall–Kier alpha value is -0.860. The van der Waals surface area contributed by atoms with Crippen LogP contribution < -0.4 is 5.73 Å². The predicted molar refractivity (Wildman–Crippen MR) is 72.9 cm³/mol. The number of nitrogens with two attached hydrogens (primary N) is 1. The molecule has 1 heterocycles. The molecule has 2 rings (SSSR count). The quantitative estimate of drug-likeness (QED) is 0.868. The molecule has 17 heavy (non-hydrogen) atoms. The summed E-state index contributed by atoms with van der Waals surface area (Å²) in [4.78, 5) is 2.54. The summed E-state index contributed by atoms with van der Waals surface area (Å²) in [5, 5.41) is 0. The van der Waals surface area contributed by atoms with E-state index in [0.717, 1.165) is 6.54 Å². The van der Waals surface area contributed by atoms with Gasteiger partial charge in [0.05, 0.1) is 0 Å². The maximum absolute atomic E-state index is 6.00. The van der Waals surface area contributed by atoms with Crippen molar-refractivity contribution < 1.29 is 0 Å². The first-order valence-corrected chi connectivity index (χ1v) is 6.53. The molecule has 2 nitrogen and oxygen atoms in total. The van der Waals surface area contributed by atoms with Crippen molar-refractivity contribution in [2.75, 3.05) is 19.6 Å². The third-order valence-corrected chi connectivity index (χ3v) is 3.92. The zero-order chi connectivity index (χ0) is 12.5. The standard InChI is InChI=1S/C15H24N2/c1-12-6-4-5-7-13(12)14(10-16)17-9-8-15(2,3)11-17/h4-7,14H,8-11,16H2,1-3H3. The fourth-order valence-electron chi connectivity index (χ4n) is 2.85. The highest BCUT2D eigenvalue weighted by Gasteiger charge is 2.33. The molecule has 1 atom stereocenters. The van der Waals surface area contributed by atoms with Gasteiger partial charge in [0, 0.05) is 19.1 Å². The summed E-state index contributed by atoms with van der Waals surface area (Å²) in [6, 6.07) is 9.00. The van der Waals surface area contributed by atoms with E-state index in [0.29, 0.717) is 18.0 Å². The molecule has 2 heteroatoms. The van der Waals surface area contributed by atoms with E-state index in [-0.39, 0.29) is 0 Å². The van der Waals surface area contributed by atoms with Crippen molar-refractivity contribution in [3.05, 3.63) is 35.4 Å². The maximum Gasteiger partial charge on any atom is 0.0473 e. The first-order valence-electron chi connectivity index (χ1n) is 6.53. The van der Waals surface area contributed by atoms with Crippen LogP contribution in [0.1, 0.15) is 37.4 Å². The molecule has 1 fully saturated rings. The van der Waals surface area contributed by atoms with Gasteiger partial charge in [0.15, 0.2) is 0 Å². The zero-order valence-corrected chi connectivity index (χ0v) is 11.2. The number of nitrogens with zero attached hydrogens (tertiary/aromatic N) is 1. The second-order valence-electron chi connectivity index (χ2n) is 5.99. The number of likely N-dealkylation sites (tertiary alicyclic amines) is 1. The first kappa shape index (κ1) is 12.6. The van der Waals surface area contributed by atoms with Crippen molar-refractivity contribution in [2.24, 2.45) is 11.1 Å². The monoisotopic (exact) mass is 232 g/mol. The molecule has 0 amide bonds. The average molecular weight is 232 g/mol. The molecular formula is C15H24N2. The summed E-state index contributed by atoms with van der Waals surface area (Å²) in [5.41, 5.74) is 9.19. The lowest BCUT2D eigenvalue weighted by molar-refractivity contribution is 0.223. The average Bonchev–Trinajstić information content (AvgIpc) is 2.63. The molecule has 1 aliphatic heterocycles. The van der Waals surface area contributed by atoms with Crippen molar-refractivity contribution in [3.8, 4) is 0 Å². The highest BCUT2D eigenvalue weighted by Crippen LogP contribution is 2.35. The Kier molecular flexibility index (Phi) is 3.55. The van der Waals surface area contributed by atoms with Crippen LogP contribution in [-0.2, 0) is 0 Å². The lowest BCUT2D eigenvalue weighted by atomic mass is 9.93. The third kappa shape index (κ3) is 2.70. The van der Waals surface area contributed by atoms with Gasteiger partial charge in [-0.1, -0.05) is 38.1 Å². The van der Waals surface area contributed by atoms with Crippen LogP contribution in [0.5, 0.6) is 0 Å². The summed E-state index contributed by atoms with van der Waals surface area (Å²) in [5.74, 6) is 0. The fourth-order valence-corrected chi connectivity index (χ4v) is 2.85. The normalized spacial score (nSPS) is 21.6. The lowest BCUT2D eigenvalue weighted by Crippen LogP contribution is -2.33. The molecular weight excluding hydrogens is 208 g/mol. The van der Waals surface area contributed by atoms with Crippen LogP contribution in [0, 0.1) is 12.3 Å². The topological polar surface area (TPSA) is 29.3 Å². The summed E-state index contributed by atoms with van der Waals surface area (Å²) in [7, 11) is 0. The van der Waals surface area contributed by atoms with Gasteiger partial charge in [-0.15, -0.1) is 0 Å². The van der Waals surface area contributed by atoms with Crippen LogP contribution in [0.2, 0.25) is 0 Å². The van der Waals surface area contributed by atoms with E-state index in [2.05, 4.69) is 49.9 Å². The molecule has 1 aromatic carbocycles. The van der Waals surface area contributed by atoms with Gasteiger partial charge < -0.3 is 5.73 Å². The third-order valence-electron chi connectivity index (χ3n) is 3.92. The van der Waals surface area contributed by atoms with E-state index in [1.807, 2.05) is 0 Å². The van der Waals surface area contributed by atoms with Crippen molar-refractivity contribution in [1.29, 1.82) is 0 Å². The van der Waals surface area contributed by atoms with Crippen molar-refractivity contribution in [1.82, 2.24) is 4.90 Å². The van der Waals surface area contributed by atoms with Gasteiger partial charge in [-0.3, -0.25) is 4.90 Å². The molecule has 0 saturated carbocycles. The van der Waals surface area contributed by atoms with Crippen LogP contribution in [0.25, 0.3) is 0 Å². The molecule has 0 radical (unpaired) electrons. The predicted octanol–water partition coefficient (Wildman–Crippen LogP) is 2.73. The second-order valence-corrected chi connectivity index (χ2v) is 5.99. The molecule has 1 aromatic rings. The van der Waals surface area contributed by atoms with Gasteiger partial charge in [-0.05, 0) is 36.4 Å². The molecule has 0 aliphatic carbocycles. The van der Waals surface area contributed by atoms with Crippen LogP contribution in [-0.4, -0.2) is 24.5 Å². The smallest absolute Gasteiger partial charge is 0.0473 e. The van der Waals surface area contributed by atoms with Crippen LogP contribution >= 0.6 is 0 Å². The van der Waals surface area contributed by atoms with Gasteiger partial charge >= 0.3 is 0 Å². The highest BCUT2D eigenvalue weighted by atomic mass is 15.2. The molecule has 2 N–H and O–H groups in total. The molecule has 0 spiro atoms. The van der Waals surface area contributed by atoms with Gasteiger partial charge in [-0.25, -0.2) is 0 Å². The van der Waals surface area contributed by atoms with E-state index in [1.165, 1.54) is 24.1 Å². The number of aryl methyl sites for hydroxylation is 1. The summed E-state index contributed by atoms with van der Waals surface area (Å²) < 4.78 is 0. The number of rotatable bonds is 3. The van der Waals surface area contributed by atoms with Crippen LogP contribution in [0.3, 0.4) is 0 Å². The molecule has 0 bridgehead atoms. The SMILES string of the molecule is Cc1ccccc1C(CN)N1CCC(C)(C)C1. The second kappa shape index (κ2) is 4.79. The molecule has 1 unspecified atom stereocenters. The van der Waals surface area contributed by atoms with E-state index in [1.54, 1.807) is 0 Å². The molecule has 1 aliphatic rings. The Balaban J connectivity index is 2.21. The fraction of sp³-hybridized carbons (Fsp3) is 0.600. The summed E-state index contributed by atoms with van der Waals surface area (Å²) >= 11 is 0. The Morgan fingerprint density at radius 1 is 1.35 bits per heavy atom. The number of benzene rings is 1. The Morgan fingerprint density at radius 2 is 2.06 bits per heavy atom. The zero-order valence-electron chi connectivity index (χ0n) is 11.2. The molecule has 1 saturated heterocycles. The summed E-state index contributed by atoms with van der Waals surface area (Å²) in [6.45, 7) is 9.91. The Bertz CT molecular complexity index is 384. The Labute approximate surface area is 105 Å². The van der Waals surface area contributed by atoms with Gasteiger partial charge in [0.1, 0.15) is 0 Å². The highest BCUT2D eigenvalue weighted by molar-refractivity contribution is 5.29. The summed E-state index contributed by atoms with van der Waals surface area (Å²) in [6.07, 6.45) is 1.27. The van der Waals surface area contributed by atoms with Crippen LogP contribution in [0.4, 0.5) is 0 Å². The minimum absolute atomic E-state index is 0.387. The Morgan fingerprint density at radius 3 is 2.59 bits per heavy atom. The van der Waals surface area contributed by atoms with Gasteiger partial charge in [0.2, 0.25) is 0 Å². The van der Waals surface area contributed by atoms with Gasteiger partial charge in [0.25, 0.3) is 0 Å². The van der Waals surface area contributed by atoms with Crippen molar-refractivity contribution in [3.63, 3.8) is 0 Å². The van der Waals surface area contributed by atoms with E-state index in [4.69, 9.17) is 5.73 Å². The molecule has 0 aromatic heterocycles. The van der Waals surface area contributed by atoms with E-state index in [9.17, 15) is 0 Å². The van der Waals surface area contributed by atoms with Crippen LogP contribution in [0.15, 0.2) is 24.3 Å². The minimum atomic E-state index is 0.387. The van der Waals surface area contributed by atoms with Gasteiger partial charge in [-0.2, -0.15) is 0 Å². The van der Waals surface area contributed by atoms with E-state index >= 15 is 0 Å². The minimum Gasteiger partial charge on any atom is -0.329 e. The largest absolute Gasteiger partial charge is 0.329 e. The lowest BCUT2D eigenvalue weighted by Gasteiger charge is -2.29. The van der Waals surface area contributed by atoms with Crippen molar-refractivity contribution >= 4 is 0 Å². The number of hydrogen-bond donors (Lipinski definition) is 1. The molecule has 94 valence electrons. The first-order chi connectivity index (χ1) is 8.03.